The molecule has 1 rings (SSSR count). The lowest BCUT2D eigenvalue weighted by Crippen LogP contribution is -2.27. The van der Waals surface area contributed by atoms with E-state index >= 15 is 0 Å². The van der Waals surface area contributed by atoms with Gasteiger partial charge in [0.15, 0.2) is 6.36 Å². The van der Waals surface area contributed by atoms with Gasteiger partial charge >= 0.3 is 14.5 Å². The molecule has 1 atom stereocenters. The minimum atomic E-state index is -1.08. The zero-order valence-electron chi connectivity index (χ0n) is 7.18. The first-order valence-corrected chi connectivity index (χ1v) is 6.73. The van der Waals surface area contributed by atoms with Crippen LogP contribution < -0.4 is 0 Å². The first-order valence-electron chi connectivity index (χ1n) is 4.62. The second-order valence-electron chi connectivity index (χ2n) is 3.24. The topological polar surface area (TPSA) is 9.23 Å². The molecule has 0 aromatic rings. The van der Waals surface area contributed by atoms with E-state index in [0.717, 1.165) is 6.42 Å². The molecular formula is C8H16AlFO. The van der Waals surface area contributed by atoms with Gasteiger partial charge in [0, 0.05) is 0 Å². The predicted molar refractivity (Wildman–Crippen MR) is 45.5 cm³/mol. The molecule has 0 aromatic heterocycles. The van der Waals surface area contributed by atoms with E-state index in [1.165, 1.54) is 23.4 Å². The van der Waals surface area contributed by atoms with Crippen LogP contribution in [-0.2, 0) is 3.79 Å². The molecule has 1 aliphatic heterocycles. The molecule has 11 heavy (non-hydrogen) atoms. The normalized spacial score (nSPS) is 25.6. The van der Waals surface area contributed by atoms with E-state index in [9.17, 15) is 4.39 Å². The molecule has 3 heteroatoms. The third kappa shape index (κ3) is 3.55. The summed E-state index contributed by atoms with van der Waals surface area (Å²) < 4.78 is 17.9. The lowest BCUT2D eigenvalue weighted by molar-refractivity contribution is 0.0430. The predicted octanol–water partition coefficient (Wildman–Crippen LogP) is 2.88. The molecule has 0 aliphatic carbocycles. The van der Waals surface area contributed by atoms with Crippen LogP contribution in [-0.4, -0.2) is 20.8 Å². The molecule has 1 nitrogen and oxygen atoms in total. The zero-order chi connectivity index (χ0) is 8.10. The second kappa shape index (κ2) is 5.14. The number of halogens is 1. The fraction of sp³-hybridized carbons (Fsp3) is 1.00. The van der Waals surface area contributed by atoms with Gasteiger partial charge < -0.3 is 3.79 Å². The summed E-state index contributed by atoms with van der Waals surface area (Å²) in [5, 5.41) is 2.37. The first-order chi connectivity index (χ1) is 5.33. The van der Waals surface area contributed by atoms with Crippen LogP contribution in [0.2, 0.25) is 10.6 Å². The van der Waals surface area contributed by atoms with Crippen molar-refractivity contribution in [3.8, 4) is 0 Å². The number of rotatable bonds is 3. The molecular weight excluding hydrogens is 158 g/mol. The van der Waals surface area contributed by atoms with Crippen molar-refractivity contribution in [3.05, 3.63) is 0 Å². The van der Waals surface area contributed by atoms with E-state index in [4.69, 9.17) is 3.79 Å². The Morgan fingerprint density at radius 2 is 2.45 bits per heavy atom. The molecule has 0 spiro atoms. The highest BCUT2D eigenvalue weighted by molar-refractivity contribution is 6.52. The van der Waals surface area contributed by atoms with Gasteiger partial charge in [-0.25, -0.2) is 4.39 Å². The molecule has 0 amide bonds. The molecule has 0 N–H and O–H groups in total. The van der Waals surface area contributed by atoms with Crippen LogP contribution >= 0.6 is 0 Å². The van der Waals surface area contributed by atoms with Gasteiger partial charge in [-0.15, -0.1) is 0 Å². The minimum Gasteiger partial charge on any atom is -0.474 e. The lowest BCUT2D eigenvalue weighted by atomic mass is 10.3. The van der Waals surface area contributed by atoms with Crippen LogP contribution in [0.4, 0.5) is 4.39 Å². The van der Waals surface area contributed by atoms with Gasteiger partial charge in [0.05, 0.1) is 0 Å². The summed E-state index contributed by atoms with van der Waals surface area (Å²) in [6.45, 7) is 2.17. The maximum absolute atomic E-state index is 12.7. The Hall–Kier alpha value is 0.422. The summed E-state index contributed by atoms with van der Waals surface area (Å²) in [5.41, 5.74) is 0. The third-order valence-corrected chi connectivity index (χ3v) is 4.96. The van der Waals surface area contributed by atoms with E-state index in [-0.39, 0.29) is 0 Å². The fourth-order valence-corrected chi connectivity index (χ4v) is 4.16. The average Bonchev–Trinajstić information content (AvgIpc) is 2.01. The van der Waals surface area contributed by atoms with Crippen molar-refractivity contribution >= 4 is 14.5 Å². The standard InChI is InChI=1S/C4H7FO.C4H9.Al/c1-2-3-4(5)6;1-3-4-2;/h4H,1-3H2;1,3-4H2,2H3;/q-1;;+1. The van der Waals surface area contributed by atoms with Gasteiger partial charge in [0.1, 0.15) is 0 Å². The Balaban J connectivity index is 2.12. The van der Waals surface area contributed by atoms with Gasteiger partial charge in [-0.3, -0.25) is 0 Å². The van der Waals surface area contributed by atoms with Crippen LogP contribution in [0, 0.1) is 0 Å². The lowest BCUT2D eigenvalue weighted by Gasteiger charge is -2.21. The average molecular weight is 174 g/mol. The SMILES string of the molecule is CCC[CH2][Al]1[CH2]CCC(F)[O]1. The van der Waals surface area contributed by atoms with Crippen molar-refractivity contribution in [1.82, 2.24) is 0 Å². The molecule has 0 bridgehead atoms. The van der Waals surface area contributed by atoms with E-state index in [1.54, 1.807) is 0 Å². The highest BCUT2D eigenvalue weighted by Crippen LogP contribution is 2.21. The van der Waals surface area contributed by atoms with Crippen molar-refractivity contribution < 1.29 is 8.18 Å². The van der Waals surface area contributed by atoms with Crippen molar-refractivity contribution in [1.29, 1.82) is 0 Å². The van der Waals surface area contributed by atoms with Crippen LogP contribution in [0.25, 0.3) is 0 Å². The molecule has 0 saturated carbocycles. The monoisotopic (exact) mass is 174 g/mol. The van der Waals surface area contributed by atoms with Gasteiger partial charge in [-0.2, -0.15) is 0 Å². The number of hydrogen-bond acceptors (Lipinski definition) is 1. The summed E-state index contributed by atoms with van der Waals surface area (Å²) in [4.78, 5) is 0. The first kappa shape index (κ1) is 9.51. The van der Waals surface area contributed by atoms with E-state index in [0.29, 0.717) is 6.42 Å². The number of alkyl halides is 1. The second-order valence-corrected chi connectivity index (χ2v) is 5.91. The Kier molecular flexibility index (Phi) is 4.44. The molecule has 1 heterocycles. The summed E-state index contributed by atoms with van der Waals surface area (Å²) in [7, 11) is 0. The Morgan fingerprint density at radius 1 is 1.64 bits per heavy atom. The van der Waals surface area contributed by atoms with Crippen LogP contribution in [0.3, 0.4) is 0 Å². The summed E-state index contributed by atoms with van der Waals surface area (Å²) >= 11 is -1.08. The quantitative estimate of drug-likeness (QED) is 0.598. The highest BCUT2D eigenvalue weighted by atomic mass is 27.2. The number of unbranched alkanes of at least 4 members (excludes halogenated alkanes) is 1. The van der Waals surface area contributed by atoms with E-state index in [2.05, 4.69) is 6.92 Å². The Morgan fingerprint density at radius 3 is 3.09 bits per heavy atom. The van der Waals surface area contributed by atoms with Crippen molar-refractivity contribution in [2.45, 2.75) is 49.5 Å². The summed E-state index contributed by atoms with van der Waals surface area (Å²) in [6.07, 6.45) is 3.21. The highest BCUT2D eigenvalue weighted by Gasteiger charge is 2.27. The fourth-order valence-electron chi connectivity index (χ4n) is 1.50. The minimum absolute atomic E-state index is 0.635. The Bertz CT molecular complexity index is 110. The van der Waals surface area contributed by atoms with Gasteiger partial charge in [0.25, 0.3) is 0 Å². The maximum atomic E-state index is 12.7. The van der Waals surface area contributed by atoms with Crippen molar-refractivity contribution in [2.75, 3.05) is 0 Å². The molecule has 64 valence electrons. The van der Waals surface area contributed by atoms with Gasteiger partial charge in [0.2, 0.25) is 0 Å². The van der Waals surface area contributed by atoms with Crippen molar-refractivity contribution in [2.24, 2.45) is 0 Å². The molecule has 0 aromatic carbocycles. The smallest absolute Gasteiger partial charge is 0.462 e. The van der Waals surface area contributed by atoms with E-state index in [1.807, 2.05) is 0 Å². The summed E-state index contributed by atoms with van der Waals surface area (Å²) in [5.74, 6) is 0. The Labute approximate surface area is 72.7 Å². The van der Waals surface area contributed by atoms with Crippen LogP contribution in [0.15, 0.2) is 0 Å². The van der Waals surface area contributed by atoms with Crippen LogP contribution in [0.5, 0.6) is 0 Å². The molecule has 0 radical (unpaired) electrons. The third-order valence-electron chi connectivity index (χ3n) is 2.18. The largest absolute Gasteiger partial charge is 0.474 e. The van der Waals surface area contributed by atoms with Crippen molar-refractivity contribution in [3.63, 3.8) is 0 Å². The van der Waals surface area contributed by atoms with Gasteiger partial charge in [-0.05, 0) is 6.42 Å². The molecule has 1 fully saturated rings. The summed E-state index contributed by atoms with van der Waals surface area (Å²) in [6, 6.07) is 0. The molecule has 1 aliphatic rings. The van der Waals surface area contributed by atoms with Crippen LogP contribution in [0.1, 0.15) is 32.6 Å². The van der Waals surface area contributed by atoms with E-state index < -0.39 is 20.8 Å². The molecule has 1 saturated heterocycles. The zero-order valence-corrected chi connectivity index (χ0v) is 8.34. The maximum Gasteiger partial charge on any atom is 0.462 e. The molecule has 1 unspecified atom stereocenters. The number of hydrogen-bond donors (Lipinski definition) is 0. The van der Waals surface area contributed by atoms with Gasteiger partial charge in [-0.1, -0.05) is 36.8 Å².